The molecule has 1 aromatic heterocycles. The number of carbonyl (C=O) groups is 1. The lowest BCUT2D eigenvalue weighted by Gasteiger charge is -2.43. The number of pyridine rings is 1. The summed E-state index contributed by atoms with van der Waals surface area (Å²) >= 11 is 15.8. The van der Waals surface area contributed by atoms with Crippen LogP contribution in [0.4, 0.5) is 5.82 Å². The van der Waals surface area contributed by atoms with Gasteiger partial charge in [0.2, 0.25) is 5.91 Å². The molecule has 2 aliphatic rings. The Morgan fingerprint density at radius 3 is 2.34 bits per heavy atom. The molecule has 4 rings (SSSR count). The predicted octanol–water partition coefficient (Wildman–Crippen LogP) is 4.55. The van der Waals surface area contributed by atoms with Gasteiger partial charge >= 0.3 is 0 Å². The quantitative estimate of drug-likeness (QED) is 0.622. The second kappa shape index (κ2) is 8.80. The normalized spacial score (nSPS) is 19.3. The first-order chi connectivity index (χ1) is 14.0. The van der Waals surface area contributed by atoms with Gasteiger partial charge in [-0.25, -0.2) is 4.98 Å². The maximum absolute atomic E-state index is 13.7. The summed E-state index contributed by atoms with van der Waals surface area (Å²) in [5, 5.41) is 1.05. The highest BCUT2D eigenvalue weighted by Crippen LogP contribution is 2.38. The summed E-state index contributed by atoms with van der Waals surface area (Å²) in [5.41, 5.74) is 0.552. The largest absolute Gasteiger partial charge is 0.381 e. The third-order valence-corrected chi connectivity index (χ3v) is 6.82. The summed E-state index contributed by atoms with van der Waals surface area (Å²) in [6.07, 6.45) is 3.02. The van der Waals surface area contributed by atoms with E-state index in [1.165, 1.54) is 0 Å². The highest BCUT2D eigenvalue weighted by molar-refractivity contribution is 9.10. The van der Waals surface area contributed by atoms with Crippen LogP contribution in [0.15, 0.2) is 41.0 Å². The zero-order valence-corrected chi connectivity index (χ0v) is 19.0. The van der Waals surface area contributed by atoms with Crippen LogP contribution in [0.1, 0.15) is 18.4 Å². The first kappa shape index (κ1) is 20.9. The van der Waals surface area contributed by atoms with Crippen LogP contribution in [0.3, 0.4) is 0 Å². The number of piperazine rings is 1. The van der Waals surface area contributed by atoms with Gasteiger partial charge in [-0.3, -0.25) is 4.79 Å². The van der Waals surface area contributed by atoms with E-state index in [2.05, 4.69) is 37.9 Å². The molecule has 29 heavy (non-hydrogen) atoms. The van der Waals surface area contributed by atoms with E-state index >= 15 is 0 Å². The molecule has 0 saturated carbocycles. The Morgan fingerprint density at radius 2 is 1.72 bits per heavy atom. The minimum Gasteiger partial charge on any atom is -0.381 e. The van der Waals surface area contributed by atoms with Crippen LogP contribution < -0.4 is 4.90 Å². The Labute approximate surface area is 189 Å². The van der Waals surface area contributed by atoms with Gasteiger partial charge in [0, 0.05) is 50.1 Å². The Bertz CT molecular complexity index is 880. The van der Waals surface area contributed by atoms with Crippen molar-refractivity contribution in [3.63, 3.8) is 0 Å². The zero-order chi connectivity index (χ0) is 20.4. The van der Waals surface area contributed by atoms with E-state index in [9.17, 15) is 4.79 Å². The topological polar surface area (TPSA) is 45.7 Å². The number of halogens is 3. The number of carbonyl (C=O) groups excluding carboxylic acids is 1. The lowest BCUT2D eigenvalue weighted by molar-refractivity contribution is -0.141. The molecule has 3 heterocycles. The van der Waals surface area contributed by atoms with E-state index in [1.54, 1.807) is 12.3 Å². The summed E-state index contributed by atoms with van der Waals surface area (Å²) in [7, 11) is 0. The van der Waals surface area contributed by atoms with Crippen LogP contribution in [-0.4, -0.2) is 55.2 Å². The number of nitrogens with zero attached hydrogens (tertiary/aromatic N) is 3. The number of ether oxygens (including phenoxy) is 1. The molecule has 0 atom stereocenters. The van der Waals surface area contributed by atoms with Gasteiger partial charge < -0.3 is 14.5 Å². The molecule has 0 N–H and O–H groups in total. The van der Waals surface area contributed by atoms with Gasteiger partial charge in [0.25, 0.3) is 0 Å². The molecule has 0 unspecified atom stereocenters. The van der Waals surface area contributed by atoms with Crippen molar-refractivity contribution in [1.29, 1.82) is 0 Å². The van der Waals surface area contributed by atoms with E-state index in [0.29, 0.717) is 62.3 Å². The van der Waals surface area contributed by atoms with Crippen molar-refractivity contribution in [2.75, 3.05) is 44.3 Å². The summed E-state index contributed by atoms with van der Waals surface area (Å²) in [5.74, 6) is 0.912. The molecular weight excluding hydrogens is 477 g/mol. The minimum atomic E-state index is -0.517. The third-order valence-electron chi connectivity index (χ3n) is 5.81. The van der Waals surface area contributed by atoms with Crippen LogP contribution in [0.5, 0.6) is 0 Å². The van der Waals surface area contributed by atoms with Gasteiger partial charge in [0.15, 0.2) is 0 Å². The summed E-state index contributed by atoms with van der Waals surface area (Å²) in [6, 6.07) is 9.83. The average Bonchev–Trinajstić information content (AvgIpc) is 2.74. The maximum atomic E-state index is 13.7. The number of amides is 1. The third kappa shape index (κ3) is 4.26. The highest BCUT2D eigenvalue weighted by Gasteiger charge is 2.44. The Kier molecular flexibility index (Phi) is 6.35. The predicted molar refractivity (Wildman–Crippen MR) is 119 cm³/mol. The summed E-state index contributed by atoms with van der Waals surface area (Å²) in [4.78, 5) is 22.2. The maximum Gasteiger partial charge on any atom is 0.233 e. The number of benzene rings is 1. The second-order valence-electron chi connectivity index (χ2n) is 7.44. The van der Waals surface area contributed by atoms with Gasteiger partial charge in [-0.15, -0.1) is 0 Å². The monoisotopic (exact) mass is 497 g/mol. The van der Waals surface area contributed by atoms with Crippen LogP contribution in [0.2, 0.25) is 10.0 Å². The number of hydrogen-bond acceptors (Lipinski definition) is 4. The molecule has 0 aliphatic carbocycles. The second-order valence-corrected chi connectivity index (χ2v) is 9.20. The number of hydrogen-bond donors (Lipinski definition) is 0. The van der Waals surface area contributed by atoms with E-state index in [-0.39, 0.29) is 5.91 Å². The van der Waals surface area contributed by atoms with E-state index in [0.717, 1.165) is 15.9 Å². The van der Waals surface area contributed by atoms with Crippen molar-refractivity contribution in [3.8, 4) is 0 Å². The van der Waals surface area contributed by atoms with Crippen molar-refractivity contribution in [1.82, 2.24) is 9.88 Å². The van der Waals surface area contributed by atoms with E-state index < -0.39 is 5.41 Å². The number of aromatic nitrogens is 1. The molecule has 1 amide bonds. The molecule has 2 saturated heterocycles. The van der Waals surface area contributed by atoms with Gasteiger partial charge in [-0.05, 0) is 36.6 Å². The van der Waals surface area contributed by atoms with Gasteiger partial charge in [-0.2, -0.15) is 0 Å². The Balaban J connectivity index is 1.51. The molecule has 2 aromatic rings. The van der Waals surface area contributed by atoms with Crippen molar-refractivity contribution in [3.05, 3.63) is 56.6 Å². The molecule has 0 spiro atoms. The van der Waals surface area contributed by atoms with Crippen molar-refractivity contribution in [2.45, 2.75) is 18.3 Å². The van der Waals surface area contributed by atoms with E-state index in [4.69, 9.17) is 27.9 Å². The fourth-order valence-corrected chi connectivity index (χ4v) is 4.94. The smallest absolute Gasteiger partial charge is 0.233 e. The number of rotatable bonds is 3. The fraction of sp³-hybridized carbons (Fsp3) is 0.429. The number of anilines is 1. The standard InChI is InChI=1S/C21H22BrCl2N3O2/c22-16-3-1-15(2-4-16)21(5-11-29-12-6-21)20(28)27-9-7-26(8-10-27)19-18(24)13-17(23)14-25-19/h1-4,13-14H,5-12H2. The minimum absolute atomic E-state index is 0.193. The zero-order valence-electron chi connectivity index (χ0n) is 15.9. The van der Waals surface area contributed by atoms with Gasteiger partial charge in [0.05, 0.1) is 15.5 Å². The van der Waals surface area contributed by atoms with Crippen LogP contribution in [0, 0.1) is 0 Å². The van der Waals surface area contributed by atoms with Crippen LogP contribution in [-0.2, 0) is 14.9 Å². The molecule has 8 heteroatoms. The van der Waals surface area contributed by atoms with E-state index in [1.807, 2.05) is 17.0 Å². The van der Waals surface area contributed by atoms with Gasteiger partial charge in [-0.1, -0.05) is 51.3 Å². The fourth-order valence-electron chi connectivity index (χ4n) is 4.18. The highest BCUT2D eigenvalue weighted by atomic mass is 79.9. The molecule has 2 fully saturated rings. The van der Waals surface area contributed by atoms with Crippen molar-refractivity contribution >= 4 is 50.9 Å². The Morgan fingerprint density at radius 1 is 1.07 bits per heavy atom. The first-order valence-corrected chi connectivity index (χ1v) is 11.2. The SMILES string of the molecule is O=C(N1CCN(c2ncc(Cl)cc2Cl)CC1)C1(c2ccc(Br)cc2)CCOCC1. The molecule has 0 radical (unpaired) electrons. The molecule has 2 aliphatic heterocycles. The molecule has 154 valence electrons. The van der Waals surface area contributed by atoms with Gasteiger partial charge in [0.1, 0.15) is 5.82 Å². The Hall–Kier alpha value is -1.34. The van der Waals surface area contributed by atoms with Crippen LogP contribution >= 0.6 is 39.1 Å². The lowest BCUT2D eigenvalue weighted by Crippen LogP contribution is -2.56. The summed E-state index contributed by atoms with van der Waals surface area (Å²) in [6.45, 7) is 3.86. The van der Waals surface area contributed by atoms with Crippen molar-refractivity contribution in [2.24, 2.45) is 0 Å². The molecule has 0 bridgehead atoms. The van der Waals surface area contributed by atoms with Crippen LogP contribution in [0.25, 0.3) is 0 Å². The molecule has 5 nitrogen and oxygen atoms in total. The molecule has 1 aromatic carbocycles. The summed E-state index contributed by atoms with van der Waals surface area (Å²) < 4.78 is 6.59. The van der Waals surface area contributed by atoms with Crippen molar-refractivity contribution < 1.29 is 9.53 Å². The lowest BCUT2D eigenvalue weighted by atomic mass is 9.73. The first-order valence-electron chi connectivity index (χ1n) is 9.69. The molecular formula is C21H22BrCl2N3O2. The average molecular weight is 499 g/mol.